The van der Waals surface area contributed by atoms with E-state index in [4.69, 9.17) is 0 Å². The van der Waals surface area contributed by atoms with Crippen molar-refractivity contribution in [3.8, 4) is 0 Å². The van der Waals surface area contributed by atoms with Crippen molar-refractivity contribution < 1.29 is 9.90 Å². The molecule has 6 heteroatoms. The molecule has 0 fully saturated rings. The second-order valence-corrected chi connectivity index (χ2v) is 4.69. The highest BCUT2D eigenvalue weighted by Crippen LogP contribution is 2.11. The van der Waals surface area contributed by atoms with Crippen molar-refractivity contribution in [2.45, 2.75) is 19.4 Å². The summed E-state index contributed by atoms with van der Waals surface area (Å²) in [4.78, 5) is 29.9. The van der Waals surface area contributed by atoms with Crippen LogP contribution < -0.4 is 10.9 Å². The highest BCUT2D eigenvalue weighted by molar-refractivity contribution is 5.81. The average Bonchev–Trinajstić information content (AvgIpc) is 2.46. The Morgan fingerprint density at radius 3 is 2.76 bits per heavy atom. The maximum atomic E-state index is 11.8. The zero-order chi connectivity index (χ0) is 15.2. The Labute approximate surface area is 121 Å². The van der Waals surface area contributed by atoms with Crippen LogP contribution >= 0.6 is 0 Å². The number of carbonyl (C=O) groups excluding carboxylic acids is 1. The Balaban J connectivity index is 1.88. The third kappa shape index (κ3) is 4.25. The van der Waals surface area contributed by atoms with Crippen molar-refractivity contribution in [2.75, 3.05) is 6.54 Å². The predicted octanol–water partition coefficient (Wildman–Crippen LogP) is 0.471. The largest absolute Gasteiger partial charge is 0.378 e. The number of aromatic amines is 1. The quantitative estimate of drug-likeness (QED) is 0.745. The molecule has 2 rings (SSSR count). The SMILES string of the molecule is Cc1cc(=O)[nH]c(CCNC(=O)[C@@H](O)c2ccccc2)n1. The molecule has 110 valence electrons. The standard InChI is InChI=1S/C15H17N3O3/c1-10-9-13(19)18-12(17-10)7-8-16-15(21)14(20)11-5-3-2-4-6-11/h2-6,9,14,20H,7-8H2,1H3,(H,16,21)(H,17,18,19)/t14-/m0/s1. The number of aryl methyl sites for hydroxylation is 1. The van der Waals surface area contributed by atoms with Crippen LogP contribution in [0.15, 0.2) is 41.2 Å². The molecule has 0 aliphatic rings. The fraction of sp³-hybridized carbons (Fsp3) is 0.267. The second kappa shape index (κ2) is 6.81. The van der Waals surface area contributed by atoms with Gasteiger partial charge in [0.2, 0.25) is 0 Å². The molecule has 0 bridgehead atoms. The molecule has 21 heavy (non-hydrogen) atoms. The fourth-order valence-electron chi connectivity index (χ4n) is 1.95. The van der Waals surface area contributed by atoms with E-state index in [0.29, 0.717) is 23.5 Å². The van der Waals surface area contributed by atoms with E-state index in [9.17, 15) is 14.7 Å². The van der Waals surface area contributed by atoms with Gasteiger partial charge in [0.25, 0.3) is 11.5 Å². The topological polar surface area (TPSA) is 95.1 Å². The van der Waals surface area contributed by atoms with E-state index in [-0.39, 0.29) is 12.1 Å². The monoisotopic (exact) mass is 287 g/mol. The zero-order valence-corrected chi connectivity index (χ0v) is 11.7. The number of H-pyrrole nitrogens is 1. The van der Waals surface area contributed by atoms with Crippen molar-refractivity contribution in [3.63, 3.8) is 0 Å². The van der Waals surface area contributed by atoms with E-state index in [2.05, 4.69) is 15.3 Å². The summed E-state index contributed by atoms with van der Waals surface area (Å²) in [6.07, 6.45) is -0.805. The number of nitrogens with zero attached hydrogens (tertiary/aromatic N) is 1. The van der Waals surface area contributed by atoms with Gasteiger partial charge in [0.05, 0.1) is 0 Å². The number of carbonyl (C=O) groups is 1. The van der Waals surface area contributed by atoms with Gasteiger partial charge in [-0.15, -0.1) is 0 Å². The van der Waals surface area contributed by atoms with Gasteiger partial charge in [0.15, 0.2) is 6.10 Å². The number of rotatable bonds is 5. The van der Waals surface area contributed by atoms with Gasteiger partial charge in [-0.05, 0) is 12.5 Å². The number of hydrogen-bond acceptors (Lipinski definition) is 4. The summed E-state index contributed by atoms with van der Waals surface area (Å²) in [5.41, 5.74) is 0.953. The number of aliphatic hydroxyl groups is 1. The van der Waals surface area contributed by atoms with Crippen LogP contribution in [0.25, 0.3) is 0 Å². The number of aliphatic hydroxyl groups excluding tert-OH is 1. The Hall–Kier alpha value is -2.47. The molecule has 1 heterocycles. The summed E-state index contributed by atoms with van der Waals surface area (Å²) >= 11 is 0. The number of benzene rings is 1. The summed E-state index contributed by atoms with van der Waals surface area (Å²) in [5.74, 6) is 0.0331. The first-order valence-electron chi connectivity index (χ1n) is 6.64. The normalized spacial score (nSPS) is 11.9. The van der Waals surface area contributed by atoms with E-state index in [1.165, 1.54) is 6.07 Å². The lowest BCUT2D eigenvalue weighted by Gasteiger charge is -2.11. The van der Waals surface area contributed by atoms with E-state index < -0.39 is 12.0 Å². The van der Waals surface area contributed by atoms with Gasteiger partial charge in [-0.1, -0.05) is 30.3 Å². The van der Waals surface area contributed by atoms with Crippen molar-refractivity contribution in [3.05, 3.63) is 63.8 Å². The average molecular weight is 287 g/mol. The molecule has 3 N–H and O–H groups in total. The second-order valence-electron chi connectivity index (χ2n) is 4.69. The smallest absolute Gasteiger partial charge is 0.253 e. The fourth-order valence-corrected chi connectivity index (χ4v) is 1.95. The lowest BCUT2D eigenvalue weighted by atomic mass is 10.1. The van der Waals surface area contributed by atoms with E-state index in [1.54, 1.807) is 31.2 Å². The molecule has 1 amide bonds. The van der Waals surface area contributed by atoms with Crippen molar-refractivity contribution in [1.29, 1.82) is 0 Å². The van der Waals surface area contributed by atoms with Crippen LogP contribution in [0.1, 0.15) is 23.2 Å². The molecule has 0 saturated carbocycles. The maximum absolute atomic E-state index is 11.8. The molecule has 0 radical (unpaired) electrons. The summed E-state index contributed by atoms with van der Waals surface area (Å²) in [6.45, 7) is 2.02. The first-order valence-corrected chi connectivity index (χ1v) is 6.64. The van der Waals surface area contributed by atoms with Gasteiger partial charge in [-0.2, -0.15) is 0 Å². The Bertz CT molecular complexity index is 667. The summed E-state index contributed by atoms with van der Waals surface area (Å²) in [6, 6.07) is 10.1. The van der Waals surface area contributed by atoms with Crippen LogP contribution in [-0.4, -0.2) is 27.5 Å². The number of aromatic nitrogens is 2. The number of amides is 1. The summed E-state index contributed by atoms with van der Waals surface area (Å²) < 4.78 is 0. The number of nitrogens with one attached hydrogen (secondary N) is 2. The van der Waals surface area contributed by atoms with Crippen LogP contribution in [0.5, 0.6) is 0 Å². The van der Waals surface area contributed by atoms with Crippen molar-refractivity contribution in [1.82, 2.24) is 15.3 Å². The van der Waals surface area contributed by atoms with Crippen LogP contribution in [0.2, 0.25) is 0 Å². The molecule has 6 nitrogen and oxygen atoms in total. The molecule has 0 spiro atoms. The van der Waals surface area contributed by atoms with Gasteiger partial charge in [0, 0.05) is 24.7 Å². The molecule has 1 aromatic carbocycles. The van der Waals surface area contributed by atoms with E-state index >= 15 is 0 Å². The minimum absolute atomic E-state index is 0.215. The minimum atomic E-state index is -1.20. The molecule has 1 aromatic heterocycles. The highest BCUT2D eigenvalue weighted by atomic mass is 16.3. The lowest BCUT2D eigenvalue weighted by Crippen LogP contribution is -2.31. The Morgan fingerprint density at radius 2 is 2.10 bits per heavy atom. The van der Waals surface area contributed by atoms with Gasteiger partial charge < -0.3 is 15.4 Å². The predicted molar refractivity (Wildman–Crippen MR) is 77.7 cm³/mol. The van der Waals surface area contributed by atoms with Crippen LogP contribution in [0, 0.1) is 6.92 Å². The van der Waals surface area contributed by atoms with E-state index in [1.807, 2.05) is 6.07 Å². The summed E-state index contributed by atoms with van der Waals surface area (Å²) in [5, 5.41) is 12.5. The third-order valence-electron chi connectivity index (χ3n) is 2.94. The molecule has 0 aliphatic heterocycles. The minimum Gasteiger partial charge on any atom is -0.378 e. The van der Waals surface area contributed by atoms with Crippen LogP contribution in [0.3, 0.4) is 0 Å². The maximum Gasteiger partial charge on any atom is 0.253 e. The molecule has 1 atom stereocenters. The van der Waals surface area contributed by atoms with Crippen LogP contribution in [0.4, 0.5) is 0 Å². The summed E-state index contributed by atoms with van der Waals surface area (Å²) in [7, 11) is 0. The Kier molecular flexibility index (Phi) is 4.84. The lowest BCUT2D eigenvalue weighted by molar-refractivity contribution is -0.129. The molecular formula is C15H17N3O3. The first-order chi connectivity index (χ1) is 10.1. The van der Waals surface area contributed by atoms with Crippen molar-refractivity contribution in [2.24, 2.45) is 0 Å². The van der Waals surface area contributed by atoms with Crippen LogP contribution in [-0.2, 0) is 11.2 Å². The van der Waals surface area contributed by atoms with Gasteiger partial charge in [-0.3, -0.25) is 9.59 Å². The first kappa shape index (κ1) is 14.9. The van der Waals surface area contributed by atoms with Gasteiger partial charge >= 0.3 is 0 Å². The molecule has 0 saturated heterocycles. The molecule has 0 unspecified atom stereocenters. The van der Waals surface area contributed by atoms with Crippen molar-refractivity contribution >= 4 is 5.91 Å². The van der Waals surface area contributed by atoms with E-state index in [0.717, 1.165) is 0 Å². The molecule has 2 aromatic rings. The molecule has 0 aliphatic carbocycles. The highest BCUT2D eigenvalue weighted by Gasteiger charge is 2.16. The third-order valence-corrected chi connectivity index (χ3v) is 2.94. The number of hydrogen-bond donors (Lipinski definition) is 3. The van der Waals surface area contributed by atoms with Gasteiger partial charge in [-0.25, -0.2) is 4.98 Å². The zero-order valence-electron chi connectivity index (χ0n) is 11.7. The molecular weight excluding hydrogens is 270 g/mol. The Morgan fingerprint density at radius 1 is 1.38 bits per heavy atom. The van der Waals surface area contributed by atoms with Gasteiger partial charge in [0.1, 0.15) is 5.82 Å².